The summed E-state index contributed by atoms with van der Waals surface area (Å²) in [4.78, 5) is 12.8. The Morgan fingerprint density at radius 2 is 1.59 bits per heavy atom. The van der Waals surface area contributed by atoms with E-state index < -0.39 is 15.9 Å². The minimum atomic E-state index is -4.00. The maximum absolute atomic E-state index is 13.0. The summed E-state index contributed by atoms with van der Waals surface area (Å²) in [5.74, 6) is -0.430. The van der Waals surface area contributed by atoms with Gasteiger partial charge in [-0.25, -0.2) is 8.42 Å². The van der Waals surface area contributed by atoms with E-state index in [9.17, 15) is 13.2 Å². The van der Waals surface area contributed by atoms with Gasteiger partial charge in [-0.2, -0.15) is 0 Å². The summed E-state index contributed by atoms with van der Waals surface area (Å²) in [5, 5.41) is 4.78. The molecule has 162 valence electrons. The highest BCUT2D eigenvalue weighted by Gasteiger charge is 2.21. The monoisotopic (exact) mass is 464 g/mol. The molecule has 4 aromatic rings. The number of nitrogens with one attached hydrogen (secondary N) is 2. The van der Waals surface area contributed by atoms with Gasteiger partial charge in [0.05, 0.1) is 10.7 Å². The van der Waals surface area contributed by atoms with E-state index in [0.717, 1.165) is 21.9 Å². The number of amides is 1. The number of anilines is 2. The molecule has 0 aliphatic rings. The first-order chi connectivity index (χ1) is 15.2. The van der Waals surface area contributed by atoms with Gasteiger partial charge in [0.1, 0.15) is 4.90 Å². The third-order valence-corrected chi connectivity index (χ3v) is 6.99. The highest BCUT2D eigenvalue weighted by atomic mass is 35.5. The van der Waals surface area contributed by atoms with Gasteiger partial charge in [0, 0.05) is 16.6 Å². The van der Waals surface area contributed by atoms with Gasteiger partial charge in [0.15, 0.2) is 0 Å². The van der Waals surface area contributed by atoms with Crippen LogP contribution in [0.5, 0.6) is 0 Å². The van der Waals surface area contributed by atoms with Crippen LogP contribution in [-0.4, -0.2) is 14.3 Å². The van der Waals surface area contributed by atoms with Crippen LogP contribution in [-0.2, 0) is 10.0 Å². The van der Waals surface area contributed by atoms with Crippen LogP contribution >= 0.6 is 11.6 Å². The molecule has 7 heteroatoms. The van der Waals surface area contributed by atoms with Crippen molar-refractivity contribution in [2.75, 3.05) is 10.0 Å². The molecule has 0 saturated carbocycles. The van der Waals surface area contributed by atoms with Crippen LogP contribution in [0.25, 0.3) is 10.8 Å². The predicted octanol–water partition coefficient (Wildman–Crippen LogP) is 6.16. The van der Waals surface area contributed by atoms with E-state index in [1.54, 1.807) is 12.1 Å². The number of fused-ring (bicyclic) bond motifs is 1. The highest BCUT2D eigenvalue weighted by molar-refractivity contribution is 7.92. The Morgan fingerprint density at radius 3 is 2.38 bits per heavy atom. The molecule has 0 bridgehead atoms. The highest BCUT2D eigenvalue weighted by Crippen LogP contribution is 2.28. The third kappa shape index (κ3) is 4.47. The number of hydrogen-bond acceptors (Lipinski definition) is 3. The van der Waals surface area contributed by atoms with E-state index in [-0.39, 0.29) is 15.5 Å². The van der Waals surface area contributed by atoms with Crippen LogP contribution in [0.1, 0.15) is 21.5 Å². The number of halogens is 1. The maximum atomic E-state index is 13.0. The van der Waals surface area contributed by atoms with Gasteiger partial charge < -0.3 is 5.32 Å². The van der Waals surface area contributed by atoms with Crippen molar-refractivity contribution in [1.29, 1.82) is 0 Å². The summed E-state index contributed by atoms with van der Waals surface area (Å²) in [5.41, 5.74) is 3.09. The van der Waals surface area contributed by atoms with Crippen LogP contribution in [0.4, 0.5) is 11.4 Å². The zero-order valence-electron chi connectivity index (χ0n) is 17.5. The second-order valence-corrected chi connectivity index (χ2v) is 9.61. The summed E-state index contributed by atoms with van der Waals surface area (Å²) in [6.45, 7) is 3.75. The minimum Gasteiger partial charge on any atom is -0.321 e. The fourth-order valence-electron chi connectivity index (χ4n) is 3.51. The molecule has 5 nitrogen and oxygen atoms in total. The summed E-state index contributed by atoms with van der Waals surface area (Å²) < 4.78 is 28.6. The number of hydrogen-bond donors (Lipinski definition) is 2. The van der Waals surface area contributed by atoms with E-state index in [1.807, 2.05) is 62.4 Å². The molecule has 0 saturated heterocycles. The van der Waals surface area contributed by atoms with Crippen LogP contribution < -0.4 is 10.0 Å². The normalized spacial score (nSPS) is 11.3. The topological polar surface area (TPSA) is 75.3 Å². The van der Waals surface area contributed by atoms with Gasteiger partial charge in [0.25, 0.3) is 15.9 Å². The fourth-order valence-corrected chi connectivity index (χ4v) is 5.16. The third-order valence-electron chi connectivity index (χ3n) is 5.15. The van der Waals surface area contributed by atoms with E-state index in [1.165, 1.54) is 18.2 Å². The molecule has 0 fully saturated rings. The average Bonchev–Trinajstić information content (AvgIpc) is 2.76. The second-order valence-electron chi connectivity index (χ2n) is 7.55. The Hall–Kier alpha value is -3.35. The van der Waals surface area contributed by atoms with Crippen molar-refractivity contribution in [3.8, 4) is 0 Å². The Morgan fingerprint density at radius 1 is 0.844 bits per heavy atom. The lowest BCUT2D eigenvalue weighted by Crippen LogP contribution is -2.17. The molecule has 2 N–H and O–H groups in total. The lowest BCUT2D eigenvalue weighted by molar-refractivity contribution is 0.102. The summed E-state index contributed by atoms with van der Waals surface area (Å²) >= 11 is 6.20. The fraction of sp³-hybridized carbons (Fsp3) is 0.0800. The average molecular weight is 465 g/mol. The second kappa shape index (κ2) is 8.65. The minimum absolute atomic E-state index is 0.0315. The molecule has 0 aromatic heterocycles. The van der Waals surface area contributed by atoms with E-state index in [0.29, 0.717) is 11.4 Å². The van der Waals surface area contributed by atoms with Gasteiger partial charge >= 0.3 is 0 Å². The van der Waals surface area contributed by atoms with Crippen LogP contribution in [0.2, 0.25) is 5.02 Å². The smallest absolute Gasteiger partial charge is 0.263 e. The molecule has 4 aromatic carbocycles. The van der Waals surface area contributed by atoms with Crippen LogP contribution in [0.3, 0.4) is 0 Å². The molecule has 4 rings (SSSR count). The van der Waals surface area contributed by atoms with Crippen molar-refractivity contribution in [1.82, 2.24) is 0 Å². The molecular weight excluding hydrogens is 444 g/mol. The number of aryl methyl sites for hydroxylation is 2. The van der Waals surface area contributed by atoms with E-state index in [4.69, 9.17) is 11.6 Å². The summed E-state index contributed by atoms with van der Waals surface area (Å²) in [6, 6.07) is 22.9. The zero-order chi connectivity index (χ0) is 22.9. The van der Waals surface area contributed by atoms with Crippen molar-refractivity contribution in [3.05, 3.63) is 101 Å². The Labute approximate surface area is 192 Å². The van der Waals surface area contributed by atoms with E-state index >= 15 is 0 Å². The standard InChI is InChI=1S/C25H21ClN2O3S/c1-16-10-13-22(17(2)14-16)28-32(30,31)24-15-19(11-12-21(24)26)25(29)27-23-9-5-7-18-6-3-4-8-20(18)23/h3-15,28H,1-2H3,(H,27,29). The van der Waals surface area contributed by atoms with Crippen molar-refractivity contribution in [2.24, 2.45) is 0 Å². The molecule has 0 heterocycles. The van der Waals surface area contributed by atoms with Gasteiger partial charge in [-0.05, 0) is 55.1 Å². The van der Waals surface area contributed by atoms with Crippen molar-refractivity contribution in [3.63, 3.8) is 0 Å². The molecule has 0 aliphatic heterocycles. The molecule has 0 radical (unpaired) electrons. The molecule has 1 amide bonds. The Kier molecular flexibility index (Phi) is 5.91. The predicted molar refractivity (Wildman–Crippen MR) is 130 cm³/mol. The number of benzene rings is 4. The largest absolute Gasteiger partial charge is 0.321 e. The summed E-state index contributed by atoms with van der Waals surface area (Å²) in [7, 11) is -4.00. The van der Waals surface area contributed by atoms with E-state index in [2.05, 4.69) is 10.0 Å². The van der Waals surface area contributed by atoms with Crippen LogP contribution in [0.15, 0.2) is 83.8 Å². The zero-order valence-corrected chi connectivity index (χ0v) is 19.1. The van der Waals surface area contributed by atoms with Crippen molar-refractivity contribution in [2.45, 2.75) is 18.7 Å². The first kappa shape index (κ1) is 21.9. The maximum Gasteiger partial charge on any atom is 0.263 e. The molecule has 0 aliphatic carbocycles. The SMILES string of the molecule is Cc1ccc(NS(=O)(=O)c2cc(C(=O)Nc3cccc4ccccc34)ccc2Cl)c(C)c1. The lowest BCUT2D eigenvalue weighted by Gasteiger charge is -2.14. The Bertz CT molecular complexity index is 1440. The van der Waals surface area contributed by atoms with Gasteiger partial charge in [-0.3, -0.25) is 9.52 Å². The van der Waals surface area contributed by atoms with Crippen molar-refractivity contribution < 1.29 is 13.2 Å². The number of sulfonamides is 1. The number of carbonyl (C=O) groups is 1. The first-order valence-electron chi connectivity index (χ1n) is 9.93. The quantitative estimate of drug-likeness (QED) is 0.371. The number of carbonyl (C=O) groups excluding carboxylic acids is 1. The summed E-state index contributed by atoms with van der Waals surface area (Å²) in [6.07, 6.45) is 0. The number of rotatable bonds is 5. The van der Waals surface area contributed by atoms with Gasteiger partial charge in [-0.1, -0.05) is 65.7 Å². The molecule has 32 heavy (non-hydrogen) atoms. The van der Waals surface area contributed by atoms with Gasteiger partial charge in [0.2, 0.25) is 0 Å². The molecule has 0 atom stereocenters. The van der Waals surface area contributed by atoms with Gasteiger partial charge in [-0.15, -0.1) is 0 Å². The van der Waals surface area contributed by atoms with Crippen LogP contribution in [0, 0.1) is 13.8 Å². The lowest BCUT2D eigenvalue weighted by atomic mass is 10.1. The molecule has 0 spiro atoms. The first-order valence-corrected chi connectivity index (χ1v) is 11.8. The molecular formula is C25H21ClN2O3S. The van der Waals surface area contributed by atoms with Crippen molar-refractivity contribution >= 4 is 49.7 Å². The Balaban J connectivity index is 1.65. The molecule has 0 unspecified atom stereocenters.